The molecule has 0 saturated carbocycles. The SMILES string of the molecule is C=C(C)C(=O)OCCOCCS(=O)(=O)[O-].[Rb+]. The molecule has 0 aromatic carbocycles. The van der Waals surface area contributed by atoms with Crippen molar-refractivity contribution in [2.45, 2.75) is 6.92 Å². The van der Waals surface area contributed by atoms with E-state index in [2.05, 4.69) is 11.3 Å². The maximum absolute atomic E-state index is 10.8. The van der Waals surface area contributed by atoms with Crippen molar-refractivity contribution >= 4 is 16.1 Å². The Labute approximate surface area is 144 Å². The van der Waals surface area contributed by atoms with Gasteiger partial charge in [0.2, 0.25) is 0 Å². The van der Waals surface area contributed by atoms with Gasteiger partial charge in [0, 0.05) is 5.57 Å². The summed E-state index contributed by atoms with van der Waals surface area (Å²) in [6, 6.07) is 0. The van der Waals surface area contributed by atoms with Crippen molar-refractivity contribution in [1.82, 2.24) is 0 Å². The topological polar surface area (TPSA) is 92.7 Å². The van der Waals surface area contributed by atoms with Crippen LogP contribution in [-0.2, 0) is 24.4 Å². The average Bonchev–Trinajstić information content (AvgIpc) is 2.08. The Morgan fingerprint density at radius 3 is 2.31 bits per heavy atom. The van der Waals surface area contributed by atoms with E-state index in [4.69, 9.17) is 4.74 Å². The zero-order chi connectivity index (χ0) is 11.9. The number of esters is 1. The van der Waals surface area contributed by atoms with Crippen LogP contribution in [0.4, 0.5) is 0 Å². The third-order valence-electron chi connectivity index (χ3n) is 1.29. The molecule has 0 N–H and O–H groups in total. The monoisotopic (exact) mass is 322 g/mol. The van der Waals surface area contributed by atoms with Crippen LogP contribution in [0.1, 0.15) is 6.92 Å². The van der Waals surface area contributed by atoms with Crippen LogP contribution in [0.5, 0.6) is 0 Å². The van der Waals surface area contributed by atoms with E-state index < -0.39 is 21.8 Å². The van der Waals surface area contributed by atoms with Crippen molar-refractivity contribution in [2.75, 3.05) is 25.6 Å². The predicted molar refractivity (Wildman–Crippen MR) is 51.2 cm³/mol. The Morgan fingerprint density at radius 2 is 1.88 bits per heavy atom. The van der Waals surface area contributed by atoms with Crippen molar-refractivity contribution in [3.05, 3.63) is 12.2 Å². The van der Waals surface area contributed by atoms with E-state index in [9.17, 15) is 17.8 Å². The fourth-order valence-electron chi connectivity index (χ4n) is 0.580. The van der Waals surface area contributed by atoms with Gasteiger partial charge in [0.15, 0.2) is 0 Å². The van der Waals surface area contributed by atoms with E-state index in [0.717, 1.165) is 0 Å². The van der Waals surface area contributed by atoms with E-state index in [1.165, 1.54) is 6.92 Å². The normalized spacial score (nSPS) is 10.4. The molecule has 0 aromatic heterocycles. The van der Waals surface area contributed by atoms with Crippen LogP contribution in [0, 0.1) is 0 Å². The van der Waals surface area contributed by atoms with Crippen molar-refractivity contribution in [1.29, 1.82) is 0 Å². The molecular weight excluding hydrogens is 310 g/mol. The summed E-state index contributed by atoms with van der Waals surface area (Å²) < 4.78 is 39.8. The van der Waals surface area contributed by atoms with Gasteiger partial charge in [-0.2, -0.15) is 0 Å². The molecule has 0 aliphatic heterocycles. The van der Waals surface area contributed by atoms with Crippen molar-refractivity contribution < 1.29 is 85.4 Å². The van der Waals surface area contributed by atoms with Crippen LogP contribution in [0.15, 0.2) is 12.2 Å². The Bertz CT molecular complexity index is 323. The summed E-state index contributed by atoms with van der Waals surface area (Å²) >= 11 is 0. The number of hydrogen-bond donors (Lipinski definition) is 0. The van der Waals surface area contributed by atoms with Gasteiger partial charge >= 0.3 is 64.2 Å². The summed E-state index contributed by atoms with van der Waals surface area (Å²) in [6.45, 7) is 4.73. The van der Waals surface area contributed by atoms with E-state index >= 15 is 0 Å². The fourth-order valence-corrected chi connectivity index (χ4v) is 0.902. The van der Waals surface area contributed by atoms with Gasteiger partial charge in [-0.3, -0.25) is 0 Å². The van der Waals surface area contributed by atoms with Crippen LogP contribution in [0.25, 0.3) is 0 Å². The second-order valence-electron chi connectivity index (χ2n) is 2.79. The Hall–Kier alpha value is 0.885. The molecule has 0 fully saturated rings. The maximum Gasteiger partial charge on any atom is 1.00 e. The number of carbonyl (C=O) groups is 1. The minimum atomic E-state index is -4.24. The molecule has 0 atom stereocenters. The van der Waals surface area contributed by atoms with Crippen molar-refractivity contribution in [2.24, 2.45) is 0 Å². The summed E-state index contributed by atoms with van der Waals surface area (Å²) in [5, 5.41) is 0. The van der Waals surface area contributed by atoms with Gasteiger partial charge in [0.1, 0.15) is 6.61 Å². The fraction of sp³-hybridized carbons (Fsp3) is 0.625. The molecule has 0 aliphatic rings. The summed E-state index contributed by atoms with van der Waals surface area (Å²) in [7, 11) is -4.24. The zero-order valence-electron chi connectivity index (χ0n) is 9.39. The third-order valence-corrected chi connectivity index (χ3v) is 1.95. The van der Waals surface area contributed by atoms with Gasteiger partial charge in [0.25, 0.3) is 0 Å². The molecule has 6 nitrogen and oxygen atoms in total. The summed E-state index contributed by atoms with van der Waals surface area (Å²) in [5.41, 5.74) is 0.275. The predicted octanol–water partition coefficient (Wildman–Crippen LogP) is -3.33. The average molecular weight is 323 g/mol. The molecule has 0 rings (SSSR count). The molecule has 0 spiro atoms. The Morgan fingerprint density at radius 1 is 1.31 bits per heavy atom. The molecule has 0 aliphatic carbocycles. The molecule has 0 radical (unpaired) electrons. The molecule has 16 heavy (non-hydrogen) atoms. The molecule has 0 amide bonds. The maximum atomic E-state index is 10.8. The number of ether oxygens (including phenoxy) is 2. The van der Waals surface area contributed by atoms with Gasteiger partial charge in [-0.1, -0.05) is 6.58 Å². The summed E-state index contributed by atoms with van der Waals surface area (Å²) in [4.78, 5) is 10.8. The second-order valence-corrected chi connectivity index (χ2v) is 4.31. The van der Waals surface area contributed by atoms with Gasteiger partial charge in [-0.15, -0.1) is 0 Å². The molecule has 88 valence electrons. The first-order chi connectivity index (χ1) is 6.83. The second kappa shape index (κ2) is 9.87. The molecule has 8 heteroatoms. The summed E-state index contributed by atoms with van der Waals surface area (Å²) in [6.07, 6.45) is 0. The van der Waals surface area contributed by atoms with E-state index in [1.807, 2.05) is 0 Å². The minimum absolute atomic E-state index is 0. The van der Waals surface area contributed by atoms with Crippen LogP contribution in [0.2, 0.25) is 0 Å². The quantitative estimate of drug-likeness (QED) is 0.211. The smallest absolute Gasteiger partial charge is 0.748 e. The zero-order valence-corrected chi connectivity index (χ0v) is 15.1. The first kappa shape index (κ1) is 19.2. The van der Waals surface area contributed by atoms with Gasteiger partial charge < -0.3 is 14.0 Å². The first-order valence-electron chi connectivity index (χ1n) is 4.17. The number of rotatable bonds is 7. The van der Waals surface area contributed by atoms with E-state index in [-0.39, 0.29) is 83.6 Å². The first-order valence-corrected chi connectivity index (χ1v) is 5.74. The molecule has 0 aromatic rings. The van der Waals surface area contributed by atoms with Crippen LogP contribution in [-0.4, -0.2) is 44.5 Å². The van der Waals surface area contributed by atoms with Gasteiger partial charge in [-0.25, -0.2) is 13.2 Å². The van der Waals surface area contributed by atoms with Crippen molar-refractivity contribution in [3.63, 3.8) is 0 Å². The number of carbonyl (C=O) groups excluding carboxylic acids is 1. The largest absolute Gasteiger partial charge is 1.00 e. The molecule has 0 heterocycles. The van der Waals surface area contributed by atoms with E-state index in [0.29, 0.717) is 0 Å². The standard InChI is InChI=1S/C8H14O6S.Rb/c1-7(2)8(9)14-4-3-13-5-6-15(10,11)12;/h1,3-6H2,2H3,(H,10,11,12);/q;+1/p-1. The van der Waals surface area contributed by atoms with Gasteiger partial charge in [0.05, 0.1) is 29.1 Å². The van der Waals surface area contributed by atoms with Gasteiger partial charge in [-0.05, 0) is 6.92 Å². The van der Waals surface area contributed by atoms with E-state index in [1.54, 1.807) is 0 Å². The van der Waals surface area contributed by atoms with Crippen molar-refractivity contribution in [3.8, 4) is 0 Å². The van der Waals surface area contributed by atoms with Crippen LogP contribution >= 0.6 is 0 Å². The van der Waals surface area contributed by atoms with Crippen LogP contribution < -0.4 is 58.2 Å². The molecular formula is C8H13O6RbS. The Balaban J connectivity index is 0. The molecule has 0 saturated heterocycles. The minimum Gasteiger partial charge on any atom is -0.748 e. The van der Waals surface area contributed by atoms with Crippen LogP contribution in [0.3, 0.4) is 0 Å². The third kappa shape index (κ3) is 13.0. The molecule has 0 unspecified atom stereocenters. The molecule has 0 bridgehead atoms. The number of hydrogen-bond acceptors (Lipinski definition) is 6. The summed E-state index contributed by atoms with van der Waals surface area (Å²) in [5.74, 6) is -1.11. The Kier molecular flexibility index (Phi) is 11.9.